The van der Waals surface area contributed by atoms with Crippen molar-refractivity contribution in [2.45, 2.75) is 39.3 Å². The normalized spacial score (nSPS) is 12.6. The summed E-state index contributed by atoms with van der Waals surface area (Å²) in [6, 6.07) is 13.6. The number of hydrogen-bond acceptors (Lipinski definition) is 2. The van der Waals surface area contributed by atoms with Crippen LogP contribution >= 0.6 is 54.5 Å². The van der Waals surface area contributed by atoms with Crippen LogP contribution < -0.4 is 9.00 Å². The van der Waals surface area contributed by atoms with E-state index in [-0.39, 0.29) is 0 Å². The molecule has 0 spiro atoms. The van der Waals surface area contributed by atoms with Crippen molar-refractivity contribution in [1.82, 2.24) is 0 Å². The van der Waals surface area contributed by atoms with Gasteiger partial charge in [0.1, 0.15) is 0 Å². The highest BCUT2D eigenvalue weighted by Gasteiger charge is 2.24. The molecule has 0 nitrogen and oxygen atoms in total. The third kappa shape index (κ3) is 4.36. The molecule has 0 aliphatic heterocycles. The van der Waals surface area contributed by atoms with E-state index in [1.807, 2.05) is 22.7 Å². The third-order valence-corrected chi connectivity index (χ3v) is 16.2. The molecule has 26 heavy (non-hydrogen) atoms. The van der Waals surface area contributed by atoms with Crippen molar-refractivity contribution in [3.63, 3.8) is 0 Å². The Morgan fingerprint density at radius 1 is 0.615 bits per heavy atom. The van der Waals surface area contributed by atoms with Crippen LogP contribution in [0.1, 0.15) is 0 Å². The largest absolute Gasteiger partial charge is 0.144 e. The number of rotatable bonds is 4. The minimum atomic E-state index is -1.30. The molecule has 0 radical (unpaired) electrons. The fourth-order valence-electron chi connectivity index (χ4n) is 2.84. The van der Waals surface area contributed by atoms with E-state index >= 15 is 0 Å². The molecule has 0 saturated carbocycles. The molecule has 0 aliphatic rings. The van der Waals surface area contributed by atoms with Crippen LogP contribution in [0.15, 0.2) is 45.3 Å². The maximum Gasteiger partial charge on any atom is 0.0919 e. The van der Waals surface area contributed by atoms with Crippen molar-refractivity contribution >= 4 is 79.7 Å². The van der Waals surface area contributed by atoms with E-state index in [0.29, 0.717) is 0 Å². The van der Waals surface area contributed by atoms with E-state index in [0.717, 1.165) is 0 Å². The first-order valence-electron chi connectivity index (χ1n) is 8.67. The van der Waals surface area contributed by atoms with E-state index in [2.05, 4.69) is 108 Å². The zero-order valence-electron chi connectivity index (χ0n) is 16.0. The number of halogens is 2. The van der Waals surface area contributed by atoms with Gasteiger partial charge in [0.15, 0.2) is 0 Å². The van der Waals surface area contributed by atoms with Crippen LogP contribution in [0.3, 0.4) is 0 Å². The quantitative estimate of drug-likeness (QED) is 0.295. The van der Waals surface area contributed by atoms with Crippen molar-refractivity contribution in [3.05, 3.63) is 45.3 Å². The molecule has 3 aromatic rings. The second-order valence-corrected chi connectivity index (χ2v) is 23.2. The highest BCUT2D eigenvalue weighted by atomic mass is 79.9. The monoisotopic (exact) mass is 542 g/mol. The maximum atomic E-state index is 3.78. The highest BCUT2D eigenvalue weighted by Crippen LogP contribution is 2.34. The van der Waals surface area contributed by atoms with Gasteiger partial charge in [-0.2, -0.15) is 0 Å². The third-order valence-electron chi connectivity index (χ3n) is 4.19. The van der Waals surface area contributed by atoms with Gasteiger partial charge in [0.05, 0.1) is 16.1 Å². The van der Waals surface area contributed by atoms with Gasteiger partial charge in [-0.05, 0) is 23.3 Å². The Bertz CT molecular complexity index is 849. The summed E-state index contributed by atoms with van der Waals surface area (Å²) in [5.74, 6) is 0. The molecular weight excluding hydrogens is 520 g/mol. The van der Waals surface area contributed by atoms with Crippen LogP contribution in [0, 0.1) is 0 Å². The Morgan fingerprint density at radius 2 is 0.923 bits per heavy atom. The van der Waals surface area contributed by atoms with E-state index < -0.39 is 16.1 Å². The molecule has 1 aromatic carbocycles. The van der Waals surface area contributed by atoms with Gasteiger partial charge in [-0.15, -0.1) is 22.7 Å². The predicted molar refractivity (Wildman–Crippen MR) is 134 cm³/mol. The average molecular weight is 545 g/mol. The average Bonchev–Trinajstić information content (AvgIpc) is 3.10. The molecule has 0 aliphatic carbocycles. The molecular formula is C20H24Br2S2Si2. The van der Waals surface area contributed by atoms with Gasteiger partial charge < -0.3 is 0 Å². The fourth-order valence-corrected chi connectivity index (χ4v) is 14.0. The van der Waals surface area contributed by atoms with Gasteiger partial charge in [-0.3, -0.25) is 0 Å². The Hall–Kier alpha value is 0.0138. The second-order valence-electron chi connectivity index (χ2n) is 8.65. The van der Waals surface area contributed by atoms with Crippen molar-refractivity contribution in [2.24, 2.45) is 0 Å². The first-order valence-corrected chi connectivity index (χ1v) is 18.9. The van der Waals surface area contributed by atoms with Crippen molar-refractivity contribution in [3.8, 4) is 20.9 Å². The highest BCUT2D eigenvalue weighted by molar-refractivity contribution is 9.11. The lowest BCUT2D eigenvalue weighted by Gasteiger charge is -2.14. The first-order chi connectivity index (χ1) is 12.0. The fraction of sp³-hybridized carbons (Fsp3) is 0.300. The van der Waals surface area contributed by atoms with Crippen molar-refractivity contribution in [1.29, 1.82) is 0 Å². The zero-order chi connectivity index (χ0) is 19.3. The van der Waals surface area contributed by atoms with Gasteiger partial charge in [-0.1, -0.05) is 95.4 Å². The number of benzene rings is 1. The van der Waals surface area contributed by atoms with E-state index in [9.17, 15) is 0 Å². The van der Waals surface area contributed by atoms with Gasteiger partial charge in [-0.25, -0.2) is 0 Å². The molecule has 0 saturated heterocycles. The maximum absolute atomic E-state index is 3.78. The molecule has 0 fully saturated rings. The van der Waals surface area contributed by atoms with Crippen LogP contribution in [-0.2, 0) is 0 Å². The first kappa shape index (κ1) is 20.7. The lowest BCUT2D eigenvalue weighted by atomic mass is 10.1. The van der Waals surface area contributed by atoms with Crippen LogP contribution in [0.2, 0.25) is 39.3 Å². The molecule has 0 bridgehead atoms. The predicted octanol–water partition coefficient (Wildman–Crippen LogP) is 7.76. The van der Waals surface area contributed by atoms with Gasteiger partial charge in [0, 0.05) is 27.7 Å². The molecule has 0 atom stereocenters. The van der Waals surface area contributed by atoms with Crippen LogP contribution in [-0.4, -0.2) is 16.1 Å². The van der Waals surface area contributed by atoms with Crippen LogP contribution in [0.5, 0.6) is 0 Å². The Balaban J connectivity index is 1.93. The van der Waals surface area contributed by atoms with Crippen LogP contribution in [0.25, 0.3) is 20.9 Å². The minimum Gasteiger partial charge on any atom is -0.144 e. The summed E-state index contributed by atoms with van der Waals surface area (Å²) in [6.45, 7) is 14.4. The van der Waals surface area contributed by atoms with E-state index in [1.165, 1.54) is 29.8 Å². The molecule has 3 rings (SSSR count). The van der Waals surface area contributed by atoms with Crippen LogP contribution in [0.4, 0.5) is 0 Å². The SMILES string of the molecule is C[Si](C)(C)c1sc(-c2ccc(-c3cc(Br)c([Si](C)(C)C)s3)cc2)cc1Br. The van der Waals surface area contributed by atoms with E-state index in [1.54, 1.807) is 9.00 Å². The molecule has 0 amide bonds. The summed E-state index contributed by atoms with van der Waals surface area (Å²) < 4.78 is 5.64. The van der Waals surface area contributed by atoms with Gasteiger partial charge >= 0.3 is 0 Å². The second kappa shape index (κ2) is 7.45. The lowest BCUT2D eigenvalue weighted by Crippen LogP contribution is -2.35. The summed E-state index contributed by atoms with van der Waals surface area (Å²) in [6.07, 6.45) is 0. The summed E-state index contributed by atoms with van der Waals surface area (Å²) in [7, 11) is -2.61. The molecule has 138 valence electrons. The summed E-state index contributed by atoms with van der Waals surface area (Å²) >= 11 is 11.4. The summed E-state index contributed by atoms with van der Waals surface area (Å²) in [4.78, 5) is 2.71. The van der Waals surface area contributed by atoms with E-state index in [4.69, 9.17) is 0 Å². The zero-order valence-corrected chi connectivity index (χ0v) is 22.8. The molecule has 2 heterocycles. The Labute approximate surface area is 184 Å². The smallest absolute Gasteiger partial charge is 0.0919 e. The van der Waals surface area contributed by atoms with Gasteiger partial charge in [0.2, 0.25) is 0 Å². The summed E-state index contributed by atoms with van der Waals surface area (Å²) in [5.41, 5.74) is 2.62. The molecule has 6 heteroatoms. The lowest BCUT2D eigenvalue weighted by molar-refractivity contribution is 1.68. The Morgan fingerprint density at radius 3 is 1.15 bits per heavy atom. The molecule has 0 unspecified atom stereocenters. The topological polar surface area (TPSA) is 0 Å². The molecule has 0 N–H and O–H groups in total. The Kier molecular flexibility index (Phi) is 5.94. The summed E-state index contributed by atoms with van der Waals surface area (Å²) in [5, 5.41) is 0. The number of hydrogen-bond donors (Lipinski definition) is 0. The van der Waals surface area contributed by atoms with Gasteiger partial charge in [0.25, 0.3) is 0 Å². The minimum absolute atomic E-state index is 1.28. The van der Waals surface area contributed by atoms with Crippen molar-refractivity contribution < 1.29 is 0 Å². The van der Waals surface area contributed by atoms with Crippen molar-refractivity contribution in [2.75, 3.05) is 0 Å². The molecule has 2 aromatic heterocycles. The standard InChI is InChI=1S/C20H24Br2S2Si2/c1-25(2,3)19-15(21)11-17(23-19)13-7-9-14(10-8-13)18-12-16(22)20(24-18)26(4,5)6/h7-12H,1-6H3. The number of thiophene rings is 2.